The number of para-hydroxylation sites is 1. The minimum absolute atomic E-state index is 0.436. The molecule has 0 aliphatic heterocycles. The summed E-state index contributed by atoms with van der Waals surface area (Å²) in [5.41, 5.74) is 2.57. The van der Waals surface area contributed by atoms with Gasteiger partial charge in [0.2, 0.25) is 0 Å². The second-order valence-electron chi connectivity index (χ2n) is 5.30. The molecule has 0 saturated heterocycles. The van der Waals surface area contributed by atoms with E-state index in [4.69, 9.17) is 4.74 Å². The average molecular weight is 306 g/mol. The number of amides is 2. The van der Waals surface area contributed by atoms with Crippen molar-refractivity contribution in [3.63, 3.8) is 0 Å². The van der Waals surface area contributed by atoms with Crippen LogP contribution < -0.4 is 10.6 Å². The van der Waals surface area contributed by atoms with Crippen LogP contribution in [0.5, 0.6) is 0 Å². The van der Waals surface area contributed by atoms with Crippen molar-refractivity contribution in [1.82, 2.24) is 5.32 Å². The molecule has 1 aromatic rings. The highest BCUT2D eigenvalue weighted by molar-refractivity contribution is 6.39. The van der Waals surface area contributed by atoms with Gasteiger partial charge in [0.15, 0.2) is 0 Å². The normalized spacial score (nSPS) is 10.3. The second-order valence-corrected chi connectivity index (χ2v) is 5.30. The Bertz CT molecular complexity index is 480. The van der Waals surface area contributed by atoms with Gasteiger partial charge in [0.05, 0.1) is 0 Å². The van der Waals surface area contributed by atoms with Crippen LogP contribution >= 0.6 is 0 Å². The average Bonchev–Trinajstić information content (AvgIpc) is 2.49. The molecule has 0 saturated carbocycles. The number of hydrogen-bond donors (Lipinski definition) is 2. The summed E-state index contributed by atoms with van der Waals surface area (Å²) in [7, 11) is 0. The van der Waals surface area contributed by atoms with Gasteiger partial charge in [0.1, 0.15) is 0 Å². The lowest BCUT2D eigenvalue weighted by atomic mass is 10.1. The molecule has 1 aromatic carbocycles. The van der Waals surface area contributed by atoms with E-state index in [1.807, 2.05) is 32.0 Å². The highest BCUT2D eigenvalue weighted by atomic mass is 16.5. The van der Waals surface area contributed by atoms with E-state index < -0.39 is 11.8 Å². The Morgan fingerprint density at radius 2 is 1.68 bits per heavy atom. The minimum Gasteiger partial charge on any atom is -0.381 e. The zero-order valence-corrected chi connectivity index (χ0v) is 13.7. The molecule has 5 heteroatoms. The molecule has 2 N–H and O–H groups in total. The van der Waals surface area contributed by atoms with Gasteiger partial charge >= 0.3 is 11.8 Å². The molecule has 0 aliphatic carbocycles. The number of ether oxygens (including phenoxy) is 1. The first-order valence-electron chi connectivity index (χ1n) is 7.79. The predicted octanol–water partition coefficient (Wildman–Crippen LogP) is 2.56. The molecule has 2 amide bonds. The first kappa shape index (κ1) is 18.2. The van der Waals surface area contributed by atoms with Gasteiger partial charge in [-0.25, -0.2) is 0 Å². The van der Waals surface area contributed by atoms with Gasteiger partial charge in [0.25, 0.3) is 0 Å². The summed E-state index contributed by atoms with van der Waals surface area (Å²) in [6, 6.07) is 5.71. The highest BCUT2D eigenvalue weighted by Gasteiger charge is 2.14. The largest absolute Gasteiger partial charge is 0.381 e. The van der Waals surface area contributed by atoms with Gasteiger partial charge in [-0.3, -0.25) is 9.59 Å². The maximum absolute atomic E-state index is 11.9. The fourth-order valence-corrected chi connectivity index (χ4v) is 1.99. The topological polar surface area (TPSA) is 67.4 Å². The smallest absolute Gasteiger partial charge is 0.313 e. The number of unbranched alkanes of at least 4 members (excludes halogenated alkanes) is 1. The van der Waals surface area contributed by atoms with E-state index in [-0.39, 0.29) is 0 Å². The minimum atomic E-state index is -0.635. The van der Waals surface area contributed by atoms with Gasteiger partial charge in [-0.05, 0) is 37.8 Å². The van der Waals surface area contributed by atoms with Crippen LogP contribution in [0.1, 0.15) is 37.3 Å². The summed E-state index contributed by atoms with van der Waals surface area (Å²) in [6.45, 7) is 7.68. The number of carbonyl (C=O) groups is 2. The second kappa shape index (κ2) is 9.95. The first-order chi connectivity index (χ1) is 10.6. The van der Waals surface area contributed by atoms with Gasteiger partial charge in [-0.2, -0.15) is 0 Å². The van der Waals surface area contributed by atoms with Crippen molar-refractivity contribution in [1.29, 1.82) is 0 Å². The third-order valence-electron chi connectivity index (χ3n) is 3.32. The molecule has 0 spiro atoms. The molecule has 0 bridgehead atoms. The maximum atomic E-state index is 11.9. The maximum Gasteiger partial charge on any atom is 0.313 e. The van der Waals surface area contributed by atoms with Crippen molar-refractivity contribution >= 4 is 17.5 Å². The van der Waals surface area contributed by atoms with Crippen LogP contribution in [0.2, 0.25) is 0 Å². The summed E-state index contributed by atoms with van der Waals surface area (Å²) in [6.07, 6.45) is 2.85. The van der Waals surface area contributed by atoms with Crippen LogP contribution in [0.3, 0.4) is 0 Å². The highest BCUT2D eigenvalue weighted by Crippen LogP contribution is 2.19. The summed E-state index contributed by atoms with van der Waals surface area (Å²) < 4.78 is 5.39. The molecule has 0 radical (unpaired) electrons. The molecular formula is C17H26N2O3. The van der Waals surface area contributed by atoms with Crippen LogP contribution in [0, 0.1) is 13.8 Å². The fourth-order valence-electron chi connectivity index (χ4n) is 1.99. The molecule has 22 heavy (non-hydrogen) atoms. The number of hydrogen-bond acceptors (Lipinski definition) is 3. The molecule has 5 nitrogen and oxygen atoms in total. The van der Waals surface area contributed by atoms with E-state index >= 15 is 0 Å². The van der Waals surface area contributed by atoms with Crippen molar-refractivity contribution in [2.75, 3.05) is 25.1 Å². The standard InChI is InChI=1S/C17H26N2O3/c1-4-5-11-22-12-7-10-18-16(20)17(21)19-15-13(2)8-6-9-14(15)3/h6,8-9H,4-5,7,10-12H2,1-3H3,(H,18,20)(H,19,21). The lowest BCUT2D eigenvalue weighted by Crippen LogP contribution is -2.36. The van der Waals surface area contributed by atoms with E-state index in [2.05, 4.69) is 17.6 Å². The number of carbonyl (C=O) groups excluding carboxylic acids is 2. The fraction of sp³-hybridized carbons (Fsp3) is 0.529. The third kappa shape index (κ3) is 6.26. The van der Waals surface area contributed by atoms with E-state index in [1.54, 1.807) is 0 Å². The lowest BCUT2D eigenvalue weighted by Gasteiger charge is -2.11. The van der Waals surface area contributed by atoms with Gasteiger partial charge < -0.3 is 15.4 Å². The molecule has 0 heterocycles. The summed E-state index contributed by atoms with van der Waals surface area (Å²) >= 11 is 0. The Hall–Kier alpha value is -1.88. The van der Waals surface area contributed by atoms with Crippen LogP contribution in [-0.4, -0.2) is 31.6 Å². The predicted molar refractivity (Wildman–Crippen MR) is 87.9 cm³/mol. The molecular weight excluding hydrogens is 280 g/mol. The number of anilines is 1. The lowest BCUT2D eigenvalue weighted by molar-refractivity contribution is -0.136. The Morgan fingerprint density at radius 1 is 1.05 bits per heavy atom. The zero-order valence-electron chi connectivity index (χ0n) is 13.7. The van der Waals surface area contributed by atoms with Gasteiger partial charge in [0, 0.05) is 25.4 Å². The molecule has 0 unspecified atom stereocenters. The first-order valence-corrected chi connectivity index (χ1v) is 7.79. The van der Waals surface area contributed by atoms with Gasteiger partial charge in [-0.15, -0.1) is 0 Å². The molecule has 0 aliphatic rings. The Labute approximate surface area is 132 Å². The van der Waals surface area contributed by atoms with Crippen LogP contribution in [0.25, 0.3) is 0 Å². The molecule has 0 aromatic heterocycles. The van der Waals surface area contributed by atoms with Crippen LogP contribution in [-0.2, 0) is 14.3 Å². The monoisotopic (exact) mass is 306 g/mol. The quantitative estimate of drug-likeness (QED) is 0.573. The molecule has 122 valence electrons. The summed E-state index contributed by atoms with van der Waals surface area (Å²) in [4.78, 5) is 23.6. The number of benzene rings is 1. The van der Waals surface area contributed by atoms with Crippen LogP contribution in [0.15, 0.2) is 18.2 Å². The van der Waals surface area contributed by atoms with E-state index in [0.717, 1.165) is 30.6 Å². The third-order valence-corrected chi connectivity index (χ3v) is 3.32. The number of rotatable bonds is 8. The number of aryl methyl sites for hydroxylation is 2. The van der Waals surface area contributed by atoms with Crippen LogP contribution in [0.4, 0.5) is 5.69 Å². The zero-order chi connectivity index (χ0) is 16.4. The summed E-state index contributed by atoms with van der Waals surface area (Å²) in [5.74, 6) is -1.25. The van der Waals surface area contributed by atoms with E-state index in [1.165, 1.54) is 0 Å². The van der Waals surface area contributed by atoms with Crippen molar-refractivity contribution in [2.45, 2.75) is 40.0 Å². The van der Waals surface area contributed by atoms with Crippen molar-refractivity contribution in [3.8, 4) is 0 Å². The SMILES string of the molecule is CCCCOCCCNC(=O)C(=O)Nc1c(C)cccc1C. The molecule has 1 rings (SSSR count). The Kier molecular flexibility index (Phi) is 8.22. The molecule has 0 atom stereocenters. The Balaban J connectivity index is 2.29. The van der Waals surface area contributed by atoms with E-state index in [9.17, 15) is 9.59 Å². The molecule has 0 fully saturated rings. The number of nitrogens with one attached hydrogen (secondary N) is 2. The van der Waals surface area contributed by atoms with Crippen molar-refractivity contribution in [3.05, 3.63) is 29.3 Å². The Morgan fingerprint density at radius 3 is 2.32 bits per heavy atom. The van der Waals surface area contributed by atoms with Gasteiger partial charge in [-0.1, -0.05) is 31.5 Å². The van der Waals surface area contributed by atoms with Crippen molar-refractivity contribution < 1.29 is 14.3 Å². The van der Waals surface area contributed by atoms with Crippen molar-refractivity contribution in [2.24, 2.45) is 0 Å². The summed E-state index contributed by atoms with van der Waals surface area (Å²) in [5, 5.41) is 5.27. The van der Waals surface area contributed by atoms with E-state index in [0.29, 0.717) is 25.3 Å².